The topological polar surface area (TPSA) is 116 Å². The van der Waals surface area contributed by atoms with Crippen molar-refractivity contribution in [2.75, 3.05) is 5.32 Å². The smallest absolute Gasteiger partial charge is 0.341 e. The highest BCUT2D eigenvalue weighted by molar-refractivity contribution is 7.17. The van der Waals surface area contributed by atoms with Gasteiger partial charge in [-0.15, -0.1) is 11.3 Å². The van der Waals surface area contributed by atoms with E-state index < -0.39 is 22.8 Å². The van der Waals surface area contributed by atoms with Crippen LogP contribution < -0.4 is 5.32 Å². The number of esters is 1. The average Bonchev–Trinajstić information content (AvgIpc) is 3.25. The lowest BCUT2D eigenvalue weighted by Gasteiger charge is -2.15. The van der Waals surface area contributed by atoms with Crippen molar-refractivity contribution in [3.05, 3.63) is 38.5 Å². The molecule has 28 heavy (non-hydrogen) atoms. The van der Waals surface area contributed by atoms with E-state index in [1.807, 2.05) is 0 Å². The Morgan fingerprint density at radius 2 is 2.04 bits per heavy atom. The molecule has 0 radical (unpaired) electrons. The summed E-state index contributed by atoms with van der Waals surface area (Å²) < 4.78 is 6.61. The number of aryl methyl sites for hydroxylation is 1. The summed E-state index contributed by atoms with van der Waals surface area (Å²) in [7, 11) is 0. The van der Waals surface area contributed by atoms with E-state index in [1.165, 1.54) is 22.2 Å². The fourth-order valence-corrected chi connectivity index (χ4v) is 4.39. The number of rotatable bonds is 6. The number of anilines is 1. The average molecular weight is 406 g/mol. The molecule has 0 saturated carbocycles. The number of thiophene rings is 1. The summed E-state index contributed by atoms with van der Waals surface area (Å²) in [5.74, 6) is -0.845. The molecule has 0 bridgehead atoms. The van der Waals surface area contributed by atoms with Gasteiger partial charge in [0.2, 0.25) is 5.91 Å². The van der Waals surface area contributed by atoms with Crippen LogP contribution in [0.4, 0.5) is 10.7 Å². The monoisotopic (exact) mass is 406 g/mol. The van der Waals surface area contributed by atoms with E-state index >= 15 is 0 Å². The van der Waals surface area contributed by atoms with Crippen molar-refractivity contribution in [2.45, 2.75) is 58.6 Å². The molecule has 0 saturated heterocycles. The van der Waals surface area contributed by atoms with Crippen LogP contribution in [0.25, 0.3) is 0 Å². The van der Waals surface area contributed by atoms with Crippen molar-refractivity contribution < 1.29 is 19.2 Å². The lowest BCUT2D eigenvalue weighted by molar-refractivity contribution is -0.385. The van der Waals surface area contributed by atoms with Crippen molar-refractivity contribution in [1.82, 2.24) is 9.78 Å². The highest BCUT2D eigenvalue weighted by Crippen LogP contribution is 2.39. The van der Waals surface area contributed by atoms with E-state index in [9.17, 15) is 19.7 Å². The standard InChI is InChI=1S/C18H22N4O5S/c1-10(2)27-18(24)15-13-6-4-5-7-14(13)28-17(15)20-16(23)11(3)21-9-12(8-19-21)22(25)26/h8-11H,4-7H2,1-3H3,(H,20,23). The molecule has 1 atom stereocenters. The number of carbonyl (C=O) groups is 2. The fraction of sp³-hybridized carbons (Fsp3) is 0.500. The Bertz CT molecular complexity index is 917. The molecule has 1 unspecified atom stereocenters. The van der Waals surface area contributed by atoms with Crippen LogP contribution >= 0.6 is 11.3 Å². The number of nitrogens with one attached hydrogen (secondary N) is 1. The Morgan fingerprint density at radius 1 is 1.32 bits per heavy atom. The molecule has 0 spiro atoms. The first-order valence-electron chi connectivity index (χ1n) is 9.12. The number of aromatic nitrogens is 2. The van der Waals surface area contributed by atoms with Crippen LogP contribution in [0.15, 0.2) is 12.4 Å². The van der Waals surface area contributed by atoms with Gasteiger partial charge in [-0.25, -0.2) is 4.79 Å². The van der Waals surface area contributed by atoms with E-state index in [-0.39, 0.29) is 11.8 Å². The number of carbonyl (C=O) groups excluding carboxylic acids is 2. The Balaban J connectivity index is 1.86. The summed E-state index contributed by atoms with van der Waals surface area (Å²) in [6.07, 6.45) is 5.73. The molecule has 0 aromatic carbocycles. The van der Waals surface area contributed by atoms with Gasteiger partial charge in [0.25, 0.3) is 0 Å². The van der Waals surface area contributed by atoms with Crippen molar-refractivity contribution in [3.8, 4) is 0 Å². The minimum Gasteiger partial charge on any atom is -0.459 e. The summed E-state index contributed by atoms with van der Waals surface area (Å²) in [6.45, 7) is 5.15. The Labute approximate surface area is 165 Å². The van der Waals surface area contributed by atoms with Crippen LogP contribution in [0, 0.1) is 10.1 Å². The van der Waals surface area contributed by atoms with E-state index in [0.29, 0.717) is 10.6 Å². The van der Waals surface area contributed by atoms with E-state index in [2.05, 4.69) is 10.4 Å². The molecule has 1 aliphatic rings. The third kappa shape index (κ3) is 4.06. The van der Waals surface area contributed by atoms with Crippen molar-refractivity contribution >= 4 is 33.9 Å². The minimum atomic E-state index is -0.776. The predicted octanol–water partition coefficient (Wildman–Crippen LogP) is 3.50. The van der Waals surface area contributed by atoms with Gasteiger partial charge in [0.15, 0.2) is 0 Å². The maximum Gasteiger partial charge on any atom is 0.341 e. The maximum atomic E-state index is 12.7. The molecule has 1 N–H and O–H groups in total. The second-order valence-electron chi connectivity index (χ2n) is 6.97. The highest BCUT2D eigenvalue weighted by atomic mass is 32.1. The number of nitrogens with zero attached hydrogens (tertiary/aromatic N) is 3. The first kappa shape index (κ1) is 20.0. The van der Waals surface area contributed by atoms with Gasteiger partial charge in [-0.1, -0.05) is 0 Å². The van der Waals surface area contributed by atoms with Crippen molar-refractivity contribution in [3.63, 3.8) is 0 Å². The molecule has 3 rings (SSSR count). The molecule has 0 aliphatic heterocycles. The molecule has 1 amide bonds. The number of amides is 1. The second-order valence-corrected chi connectivity index (χ2v) is 8.08. The first-order chi connectivity index (χ1) is 13.3. The quantitative estimate of drug-likeness (QED) is 0.446. The van der Waals surface area contributed by atoms with Crippen LogP contribution in [0.2, 0.25) is 0 Å². The third-order valence-electron chi connectivity index (χ3n) is 4.53. The van der Waals surface area contributed by atoms with E-state index in [4.69, 9.17) is 4.74 Å². The SMILES string of the molecule is CC(C)OC(=O)c1c(NC(=O)C(C)n2cc([N+](=O)[O-])cn2)sc2c1CCCC2. The zero-order valence-corrected chi connectivity index (χ0v) is 16.7. The van der Waals surface area contributed by atoms with Gasteiger partial charge >= 0.3 is 11.7 Å². The molecule has 9 nitrogen and oxygen atoms in total. The Hall–Kier alpha value is -2.75. The molecule has 150 valence electrons. The van der Waals surface area contributed by atoms with Crippen LogP contribution in [-0.4, -0.2) is 32.7 Å². The molecule has 2 heterocycles. The lowest BCUT2D eigenvalue weighted by atomic mass is 9.95. The molecular weight excluding hydrogens is 384 g/mol. The van der Waals surface area contributed by atoms with Gasteiger partial charge < -0.3 is 10.1 Å². The number of nitro groups is 1. The third-order valence-corrected chi connectivity index (χ3v) is 5.74. The number of fused-ring (bicyclic) bond motifs is 1. The number of hydrogen-bond donors (Lipinski definition) is 1. The minimum absolute atomic E-state index is 0.188. The van der Waals surface area contributed by atoms with Gasteiger partial charge in [-0.05, 0) is 52.0 Å². The second kappa shape index (κ2) is 8.09. The summed E-state index contributed by atoms with van der Waals surface area (Å²) in [6, 6.07) is -0.776. The van der Waals surface area contributed by atoms with E-state index in [0.717, 1.165) is 42.3 Å². The largest absolute Gasteiger partial charge is 0.459 e. The summed E-state index contributed by atoms with van der Waals surface area (Å²) in [4.78, 5) is 36.7. The van der Waals surface area contributed by atoms with Gasteiger partial charge in [-0.2, -0.15) is 5.10 Å². The van der Waals surface area contributed by atoms with Gasteiger partial charge in [0.05, 0.1) is 16.6 Å². The highest BCUT2D eigenvalue weighted by Gasteiger charge is 2.29. The lowest BCUT2D eigenvalue weighted by Crippen LogP contribution is -2.25. The number of ether oxygens (including phenoxy) is 1. The van der Waals surface area contributed by atoms with Crippen LogP contribution in [0.3, 0.4) is 0 Å². The van der Waals surface area contributed by atoms with Crippen LogP contribution in [0.5, 0.6) is 0 Å². The van der Waals surface area contributed by atoms with Crippen molar-refractivity contribution in [1.29, 1.82) is 0 Å². The summed E-state index contributed by atoms with van der Waals surface area (Å²) >= 11 is 1.40. The maximum absolute atomic E-state index is 12.7. The van der Waals surface area contributed by atoms with Gasteiger partial charge in [0.1, 0.15) is 23.4 Å². The zero-order valence-electron chi connectivity index (χ0n) is 15.9. The molecule has 0 fully saturated rings. The molecular formula is C18H22N4O5S. The molecule has 10 heteroatoms. The molecule has 2 aromatic heterocycles. The van der Waals surface area contributed by atoms with Crippen LogP contribution in [-0.2, 0) is 22.4 Å². The first-order valence-corrected chi connectivity index (χ1v) is 9.94. The fourth-order valence-electron chi connectivity index (χ4n) is 3.11. The predicted molar refractivity (Wildman–Crippen MR) is 104 cm³/mol. The summed E-state index contributed by atoms with van der Waals surface area (Å²) in [5.41, 5.74) is 1.20. The Morgan fingerprint density at radius 3 is 2.68 bits per heavy atom. The number of hydrogen-bond acceptors (Lipinski definition) is 7. The van der Waals surface area contributed by atoms with Gasteiger partial charge in [0, 0.05) is 4.88 Å². The molecule has 1 aliphatic carbocycles. The normalized spacial score (nSPS) is 14.4. The van der Waals surface area contributed by atoms with E-state index in [1.54, 1.807) is 20.8 Å². The van der Waals surface area contributed by atoms with Crippen LogP contribution in [0.1, 0.15) is 60.5 Å². The molecule has 2 aromatic rings. The van der Waals surface area contributed by atoms with Crippen molar-refractivity contribution in [2.24, 2.45) is 0 Å². The Kier molecular flexibility index (Phi) is 5.78. The zero-order chi connectivity index (χ0) is 20.4. The van der Waals surface area contributed by atoms with Gasteiger partial charge in [-0.3, -0.25) is 19.6 Å². The summed E-state index contributed by atoms with van der Waals surface area (Å²) in [5, 5.41) is 18.0.